The van der Waals surface area contributed by atoms with Crippen molar-refractivity contribution in [2.45, 2.75) is 13.8 Å². The second-order valence-electron chi connectivity index (χ2n) is 7.64. The molecule has 0 spiro atoms. The van der Waals surface area contributed by atoms with Gasteiger partial charge in [-0.3, -0.25) is 0 Å². The predicted molar refractivity (Wildman–Crippen MR) is 127 cm³/mol. The molecule has 34 heavy (non-hydrogen) atoms. The highest BCUT2D eigenvalue weighted by atomic mass is 14.9. The summed E-state index contributed by atoms with van der Waals surface area (Å²) in [5, 5.41) is 17.6. The summed E-state index contributed by atoms with van der Waals surface area (Å²) in [6, 6.07) is 19.3. The molecule has 0 radical (unpaired) electrons. The lowest BCUT2D eigenvalue weighted by Crippen LogP contribution is -2.30. The average Bonchev–Trinajstić information content (AvgIpc) is 2.85. The van der Waals surface area contributed by atoms with Crippen LogP contribution < -0.4 is 9.13 Å². The molecule has 0 bridgehead atoms. The molecule has 0 aromatic carbocycles. The maximum atomic E-state index is 8.88. The summed E-state index contributed by atoms with van der Waals surface area (Å²) in [6.07, 6.45) is 5.66. The monoisotopic (exact) mass is 445 g/mol. The Labute approximate surface area is 199 Å². The average molecular weight is 446 g/mol. The Morgan fingerprint density at radius 3 is 1.97 bits per heavy atom. The maximum Gasteiger partial charge on any atom is 0.285 e. The van der Waals surface area contributed by atoms with Crippen molar-refractivity contribution in [2.75, 3.05) is 0 Å². The number of nitriles is 2. The first-order valence-electron chi connectivity index (χ1n) is 10.5. The molecule has 0 N–H and O–H groups in total. The van der Waals surface area contributed by atoms with Gasteiger partial charge in [-0.15, -0.1) is 4.98 Å². The number of hydrogen-bond donors (Lipinski definition) is 0. The van der Waals surface area contributed by atoms with Crippen LogP contribution >= 0.6 is 0 Å². The lowest BCUT2D eigenvalue weighted by atomic mass is 10.1. The first-order valence-corrected chi connectivity index (χ1v) is 10.5. The van der Waals surface area contributed by atoms with Crippen LogP contribution in [-0.4, -0.2) is 9.97 Å². The largest absolute Gasteiger partial charge is 0.360 e. The Bertz CT molecular complexity index is 1480. The molecular weight excluding hydrogens is 422 g/mol. The Morgan fingerprint density at radius 1 is 0.853 bits per heavy atom. The van der Waals surface area contributed by atoms with Gasteiger partial charge in [0.1, 0.15) is 31.9 Å². The van der Waals surface area contributed by atoms with Gasteiger partial charge in [0.15, 0.2) is 12.4 Å². The van der Waals surface area contributed by atoms with Gasteiger partial charge in [0, 0.05) is 36.5 Å². The fraction of sp³-hybridized carbons (Fsp3) is 0.148. The summed E-state index contributed by atoms with van der Waals surface area (Å²) >= 11 is 0. The molecule has 164 valence electrons. The van der Waals surface area contributed by atoms with E-state index in [1.54, 1.807) is 12.3 Å². The van der Waals surface area contributed by atoms with Crippen LogP contribution in [0.25, 0.3) is 27.4 Å². The van der Waals surface area contributed by atoms with Gasteiger partial charge in [0.25, 0.3) is 5.82 Å². The van der Waals surface area contributed by atoms with Crippen LogP contribution in [0.2, 0.25) is 0 Å². The maximum absolute atomic E-state index is 8.88. The molecule has 4 aromatic heterocycles. The van der Waals surface area contributed by atoms with Crippen molar-refractivity contribution in [2.24, 2.45) is 14.1 Å². The van der Waals surface area contributed by atoms with Crippen LogP contribution in [0.4, 0.5) is 5.82 Å². The Balaban J connectivity index is 0.000000192. The second-order valence-corrected chi connectivity index (χ2v) is 7.64. The Morgan fingerprint density at radius 2 is 1.44 bits per heavy atom. The minimum atomic E-state index is 0.272. The summed E-state index contributed by atoms with van der Waals surface area (Å²) in [4.78, 5) is 11.6. The second kappa shape index (κ2) is 10.6. The molecule has 0 saturated carbocycles. The number of pyridine rings is 4. The molecule has 4 rings (SSSR count). The zero-order chi connectivity index (χ0) is 24.7. The zero-order valence-corrected chi connectivity index (χ0v) is 19.5. The number of hydrogen-bond acceptors (Lipinski definition) is 4. The number of nitrogens with zero attached hydrogens (tertiary/aromatic N) is 7. The van der Waals surface area contributed by atoms with E-state index in [9.17, 15) is 0 Å². The molecule has 0 saturated heterocycles. The summed E-state index contributed by atoms with van der Waals surface area (Å²) in [5.41, 5.74) is 6.53. The molecule has 7 heteroatoms. The van der Waals surface area contributed by atoms with Crippen molar-refractivity contribution in [1.82, 2.24) is 9.97 Å². The van der Waals surface area contributed by atoms with E-state index in [1.807, 2.05) is 104 Å². The highest BCUT2D eigenvalue weighted by Gasteiger charge is 2.19. The fourth-order valence-electron chi connectivity index (χ4n) is 3.58. The van der Waals surface area contributed by atoms with Crippen LogP contribution in [0.3, 0.4) is 0 Å². The minimum absolute atomic E-state index is 0.272. The Hall–Kier alpha value is -4.93. The van der Waals surface area contributed by atoms with Crippen molar-refractivity contribution in [3.63, 3.8) is 0 Å². The van der Waals surface area contributed by atoms with E-state index in [0.29, 0.717) is 5.69 Å². The minimum Gasteiger partial charge on any atom is -0.360 e. The molecule has 0 aliphatic heterocycles. The van der Waals surface area contributed by atoms with Gasteiger partial charge < -0.3 is 4.85 Å². The van der Waals surface area contributed by atoms with Gasteiger partial charge >= 0.3 is 0 Å². The summed E-state index contributed by atoms with van der Waals surface area (Å²) in [7, 11) is 3.91. The lowest BCUT2D eigenvalue weighted by molar-refractivity contribution is -0.660. The van der Waals surface area contributed by atoms with E-state index in [0.717, 1.165) is 33.6 Å². The van der Waals surface area contributed by atoms with Crippen LogP contribution in [-0.2, 0) is 14.1 Å². The number of aryl methyl sites for hydroxylation is 4. The van der Waals surface area contributed by atoms with E-state index in [2.05, 4.69) is 14.8 Å². The third kappa shape index (κ3) is 5.10. The molecule has 4 aromatic rings. The highest BCUT2D eigenvalue weighted by Crippen LogP contribution is 2.30. The molecule has 0 amide bonds. The quantitative estimate of drug-likeness (QED) is 0.344. The molecule has 0 fully saturated rings. The molecule has 0 atom stereocenters. The highest BCUT2D eigenvalue weighted by molar-refractivity contribution is 5.75. The first kappa shape index (κ1) is 23.7. The van der Waals surface area contributed by atoms with Crippen molar-refractivity contribution in [3.8, 4) is 34.7 Å². The Kier molecular flexibility index (Phi) is 7.39. The van der Waals surface area contributed by atoms with E-state index in [-0.39, 0.29) is 11.5 Å². The molecule has 4 heterocycles. The van der Waals surface area contributed by atoms with Crippen LogP contribution in [0.15, 0.2) is 67.1 Å². The van der Waals surface area contributed by atoms with Crippen molar-refractivity contribution >= 4 is 5.82 Å². The van der Waals surface area contributed by atoms with E-state index in [4.69, 9.17) is 17.1 Å². The van der Waals surface area contributed by atoms with Gasteiger partial charge in [-0.25, -0.2) is 14.1 Å². The number of rotatable bonds is 2. The summed E-state index contributed by atoms with van der Waals surface area (Å²) in [6.45, 7) is 11.1. The van der Waals surface area contributed by atoms with Gasteiger partial charge in [0.2, 0.25) is 17.1 Å². The third-order valence-electron chi connectivity index (χ3n) is 5.29. The van der Waals surface area contributed by atoms with E-state index < -0.39 is 0 Å². The standard InChI is InChI=1S/C14H11N4.C13H12N3/c1-10-8-11(9-15)17-14(16-2)13(10)12-6-4-5-7-18(12)3;1-10-7-11(8-14)15-9-12(10)13-5-3-4-6-16(13)2/h4-8H,1,3H3;3-7,9H,1-2H3/q2*+1. The third-order valence-corrected chi connectivity index (χ3v) is 5.29. The zero-order valence-electron chi connectivity index (χ0n) is 19.5. The van der Waals surface area contributed by atoms with Gasteiger partial charge in [0.05, 0.1) is 11.1 Å². The van der Waals surface area contributed by atoms with Crippen LogP contribution in [0, 0.1) is 43.1 Å². The molecule has 7 nitrogen and oxygen atoms in total. The SMILES string of the molecule is Cc1cc(C#N)ncc1-c1cccc[n+]1C.[C-]#[N+]c1nc(C#N)cc(C)c1-c1cccc[n+]1C. The molecule has 0 aliphatic carbocycles. The summed E-state index contributed by atoms with van der Waals surface area (Å²) in [5.74, 6) is 0.272. The molecular formula is C27H23N7+2. The lowest BCUT2D eigenvalue weighted by Gasteiger charge is -2.05. The predicted octanol–water partition coefficient (Wildman–Crippen LogP) is 4.06. The number of aromatic nitrogens is 4. The van der Waals surface area contributed by atoms with Gasteiger partial charge in [-0.05, 0) is 43.2 Å². The van der Waals surface area contributed by atoms with E-state index >= 15 is 0 Å². The van der Waals surface area contributed by atoms with Crippen molar-refractivity contribution < 1.29 is 9.13 Å². The van der Waals surface area contributed by atoms with Crippen molar-refractivity contribution in [3.05, 3.63) is 101 Å². The molecule has 0 unspecified atom stereocenters. The van der Waals surface area contributed by atoms with E-state index in [1.165, 1.54) is 0 Å². The van der Waals surface area contributed by atoms with Crippen molar-refractivity contribution in [1.29, 1.82) is 10.5 Å². The van der Waals surface area contributed by atoms with Crippen LogP contribution in [0.5, 0.6) is 0 Å². The smallest absolute Gasteiger partial charge is 0.285 e. The molecule has 0 aliphatic rings. The topological polar surface area (TPSA) is 85.5 Å². The van der Waals surface area contributed by atoms with Gasteiger partial charge in [-0.1, -0.05) is 6.57 Å². The normalized spacial score (nSPS) is 9.68. The van der Waals surface area contributed by atoms with Gasteiger partial charge in [-0.2, -0.15) is 10.5 Å². The summed E-state index contributed by atoms with van der Waals surface area (Å²) < 4.78 is 3.97. The fourth-order valence-corrected chi connectivity index (χ4v) is 3.58. The van der Waals surface area contributed by atoms with Crippen LogP contribution in [0.1, 0.15) is 22.5 Å². The first-order chi connectivity index (χ1) is 16.4.